The summed E-state index contributed by atoms with van der Waals surface area (Å²) in [6.07, 6.45) is 4.42. The molecule has 1 aromatic carbocycles. The maximum atomic E-state index is 13.5. The predicted molar refractivity (Wildman–Crippen MR) is 60.3 cm³/mol. The molecule has 86 valence electrons. The molecular formula is C12H15FN2O. The average Bonchev–Trinajstić information content (AvgIpc) is 2.70. The Morgan fingerprint density at radius 3 is 2.69 bits per heavy atom. The van der Waals surface area contributed by atoms with Gasteiger partial charge in [-0.25, -0.2) is 4.39 Å². The number of hydrogen-bond acceptors (Lipinski definition) is 2. The minimum Gasteiger partial charge on any atom is -0.490 e. The van der Waals surface area contributed by atoms with E-state index in [9.17, 15) is 4.39 Å². The van der Waals surface area contributed by atoms with Gasteiger partial charge in [0.2, 0.25) is 0 Å². The first kappa shape index (κ1) is 10.9. The highest BCUT2D eigenvalue weighted by molar-refractivity contribution is 5.97. The zero-order valence-electron chi connectivity index (χ0n) is 9.00. The van der Waals surface area contributed by atoms with Gasteiger partial charge in [-0.1, -0.05) is 6.07 Å². The third kappa shape index (κ3) is 2.15. The molecule has 0 saturated heterocycles. The van der Waals surface area contributed by atoms with Crippen molar-refractivity contribution >= 4 is 5.84 Å². The van der Waals surface area contributed by atoms with E-state index in [0.717, 1.165) is 25.7 Å². The lowest BCUT2D eigenvalue weighted by molar-refractivity contribution is 0.208. The SMILES string of the molecule is N=C(N)c1c(F)cccc1OC1CCCC1. The van der Waals surface area contributed by atoms with E-state index in [2.05, 4.69) is 0 Å². The molecule has 0 unspecified atom stereocenters. The van der Waals surface area contributed by atoms with Crippen LogP contribution in [0.4, 0.5) is 4.39 Å². The first-order valence-electron chi connectivity index (χ1n) is 5.48. The summed E-state index contributed by atoms with van der Waals surface area (Å²) < 4.78 is 19.2. The number of ether oxygens (including phenoxy) is 1. The van der Waals surface area contributed by atoms with Gasteiger partial charge in [0.15, 0.2) is 0 Å². The van der Waals surface area contributed by atoms with Crippen LogP contribution >= 0.6 is 0 Å². The average molecular weight is 222 g/mol. The molecule has 2 rings (SSSR count). The van der Waals surface area contributed by atoms with Gasteiger partial charge in [0.1, 0.15) is 17.4 Å². The van der Waals surface area contributed by atoms with Gasteiger partial charge in [-0.05, 0) is 37.8 Å². The zero-order valence-corrected chi connectivity index (χ0v) is 9.00. The van der Waals surface area contributed by atoms with Crippen molar-refractivity contribution in [1.82, 2.24) is 0 Å². The Kier molecular flexibility index (Phi) is 3.08. The number of nitrogen functional groups attached to an aromatic ring is 1. The number of nitrogens with two attached hydrogens (primary N) is 1. The van der Waals surface area contributed by atoms with Crippen LogP contribution in [0.25, 0.3) is 0 Å². The van der Waals surface area contributed by atoms with E-state index in [1.54, 1.807) is 12.1 Å². The van der Waals surface area contributed by atoms with E-state index in [1.807, 2.05) is 0 Å². The molecule has 1 aromatic rings. The fourth-order valence-corrected chi connectivity index (χ4v) is 2.05. The van der Waals surface area contributed by atoms with Crippen LogP contribution < -0.4 is 10.5 Å². The van der Waals surface area contributed by atoms with E-state index >= 15 is 0 Å². The Morgan fingerprint density at radius 1 is 1.38 bits per heavy atom. The van der Waals surface area contributed by atoms with E-state index in [4.69, 9.17) is 15.9 Å². The van der Waals surface area contributed by atoms with Crippen molar-refractivity contribution in [3.05, 3.63) is 29.6 Å². The van der Waals surface area contributed by atoms with Crippen molar-refractivity contribution in [2.24, 2.45) is 5.73 Å². The van der Waals surface area contributed by atoms with E-state index in [1.165, 1.54) is 6.07 Å². The van der Waals surface area contributed by atoms with Crippen molar-refractivity contribution in [2.75, 3.05) is 0 Å². The van der Waals surface area contributed by atoms with Crippen LogP contribution in [-0.2, 0) is 0 Å². The lowest BCUT2D eigenvalue weighted by atomic mass is 10.1. The minimum atomic E-state index is -0.497. The van der Waals surface area contributed by atoms with Crippen LogP contribution in [-0.4, -0.2) is 11.9 Å². The molecule has 0 spiro atoms. The summed E-state index contributed by atoms with van der Waals surface area (Å²) in [7, 11) is 0. The van der Waals surface area contributed by atoms with Gasteiger partial charge in [0.05, 0.1) is 11.7 Å². The minimum absolute atomic E-state index is 0.0781. The molecule has 1 saturated carbocycles. The Balaban J connectivity index is 2.25. The number of hydrogen-bond donors (Lipinski definition) is 2. The molecule has 0 atom stereocenters. The quantitative estimate of drug-likeness (QED) is 0.609. The van der Waals surface area contributed by atoms with Crippen molar-refractivity contribution in [2.45, 2.75) is 31.8 Å². The molecule has 0 amide bonds. The number of benzene rings is 1. The monoisotopic (exact) mass is 222 g/mol. The molecule has 0 heterocycles. The standard InChI is InChI=1S/C12H15FN2O/c13-9-6-3-7-10(11(9)12(14)15)16-8-4-1-2-5-8/h3,6-8H,1-2,4-5H2,(H3,14,15). The summed E-state index contributed by atoms with van der Waals surface area (Å²) in [6, 6.07) is 4.53. The third-order valence-corrected chi connectivity index (χ3v) is 2.84. The summed E-state index contributed by atoms with van der Waals surface area (Å²) in [5.41, 5.74) is 5.43. The molecule has 1 aliphatic rings. The fraction of sp³-hybridized carbons (Fsp3) is 0.417. The number of rotatable bonds is 3. The van der Waals surface area contributed by atoms with Crippen LogP contribution in [0.3, 0.4) is 0 Å². The summed E-state index contributed by atoms with van der Waals surface area (Å²) in [5.74, 6) is -0.395. The molecule has 0 aliphatic heterocycles. The third-order valence-electron chi connectivity index (χ3n) is 2.84. The number of nitrogens with one attached hydrogen (secondary N) is 1. The van der Waals surface area contributed by atoms with Gasteiger partial charge < -0.3 is 10.5 Å². The summed E-state index contributed by atoms with van der Waals surface area (Å²) in [4.78, 5) is 0. The molecule has 0 bridgehead atoms. The predicted octanol–water partition coefficient (Wildman–Crippen LogP) is 2.43. The highest BCUT2D eigenvalue weighted by atomic mass is 19.1. The second-order valence-corrected chi connectivity index (χ2v) is 4.05. The van der Waals surface area contributed by atoms with Gasteiger partial charge in [0, 0.05) is 0 Å². The van der Waals surface area contributed by atoms with Gasteiger partial charge >= 0.3 is 0 Å². The molecule has 4 heteroatoms. The Morgan fingerprint density at radius 2 is 2.06 bits per heavy atom. The Bertz CT molecular complexity index is 400. The number of amidine groups is 1. The number of halogens is 1. The summed E-state index contributed by atoms with van der Waals surface area (Å²) in [6.45, 7) is 0. The Hall–Kier alpha value is -1.58. The molecule has 0 radical (unpaired) electrons. The summed E-state index contributed by atoms with van der Waals surface area (Å²) >= 11 is 0. The van der Waals surface area contributed by atoms with Crippen LogP contribution in [0.5, 0.6) is 5.75 Å². The van der Waals surface area contributed by atoms with E-state index < -0.39 is 5.82 Å². The first-order valence-corrected chi connectivity index (χ1v) is 5.48. The molecule has 3 nitrogen and oxygen atoms in total. The topological polar surface area (TPSA) is 59.1 Å². The highest BCUT2D eigenvalue weighted by Crippen LogP contribution is 2.27. The molecule has 1 aliphatic carbocycles. The van der Waals surface area contributed by atoms with Crippen molar-refractivity contribution < 1.29 is 9.13 Å². The van der Waals surface area contributed by atoms with Crippen molar-refractivity contribution in [3.63, 3.8) is 0 Å². The smallest absolute Gasteiger partial charge is 0.137 e. The lowest BCUT2D eigenvalue weighted by Crippen LogP contribution is -2.18. The zero-order chi connectivity index (χ0) is 11.5. The van der Waals surface area contributed by atoms with Gasteiger partial charge in [0.25, 0.3) is 0 Å². The molecule has 3 N–H and O–H groups in total. The molecular weight excluding hydrogens is 207 g/mol. The maximum absolute atomic E-state index is 13.5. The van der Waals surface area contributed by atoms with Gasteiger partial charge in [-0.2, -0.15) is 0 Å². The van der Waals surface area contributed by atoms with Crippen LogP contribution in [0.1, 0.15) is 31.2 Å². The van der Waals surface area contributed by atoms with Crippen LogP contribution in [0, 0.1) is 11.2 Å². The molecule has 16 heavy (non-hydrogen) atoms. The normalized spacial score (nSPS) is 16.3. The van der Waals surface area contributed by atoms with E-state index in [-0.39, 0.29) is 17.5 Å². The molecule has 1 fully saturated rings. The molecule has 0 aromatic heterocycles. The fourth-order valence-electron chi connectivity index (χ4n) is 2.05. The van der Waals surface area contributed by atoms with Crippen LogP contribution in [0.15, 0.2) is 18.2 Å². The van der Waals surface area contributed by atoms with Gasteiger partial charge in [-0.15, -0.1) is 0 Å². The lowest BCUT2D eigenvalue weighted by Gasteiger charge is -2.16. The van der Waals surface area contributed by atoms with Gasteiger partial charge in [-0.3, -0.25) is 5.41 Å². The second kappa shape index (κ2) is 4.51. The Labute approximate surface area is 93.9 Å². The first-order chi connectivity index (χ1) is 7.68. The van der Waals surface area contributed by atoms with Crippen molar-refractivity contribution in [1.29, 1.82) is 5.41 Å². The largest absolute Gasteiger partial charge is 0.490 e. The van der Waals surface area contributed by atoms with Crippen LogP contribution in [0.2, 0.25) is 0 Å². The maximum Gasteiger partial charge on any atom is 0.137 e. The van der Waals surface area contributed by atoms with E-state index in [0.29, 0.717) is 5.75 Å². The highest BCUT2D eigenvalue weighted by Gasteiger charge is 2.20. The summed E-state index contributed by atoms with van der Waals surface area (Å²) in [5, 5.41) is 7.35. The second-order valence-electron chi connectivity index (χ2n) is 4.05. The van der Waals surface area contributed by atoms with Crippen molar-refractivity contribution in [3.8, 4) is 5.75 Å².